The molecule has 0 radical (unpaired) electrons. The van der Waals surface area contributed by atoms with E-state index in [1.165, 1.54) is 12.8 Å². The van der Waals surface area contributed by atoms with Crippen LogP contribution in [0.3, 0.4) is 0 Å². The zero-order valence-electron chi connectivity index (χ0n) is 10.4. The van der Waals surface area contributed by atoms with E-state index >= 15 is 0 Å². The van der Waals surface area contributed by atoms with E-state index in [0.29, 0.717) is 5.15 Å². The number of anilines is 1. The van der Waals surface area contributed by atoms with E-state index in [4.69, 9.17) is 11.6 Å². The molecule has 0 saturated carbocycles. The van der Waals surface area contributed by atoms with Crippen molar-refractivity contribution in [3.63, 3.8) is 0 Å². The first-order chi connectivity index (χ1) is 8.16. The fourth-order valence-corrected chi connectivity index (χ4v) is 2.25. The smallest absolute Gasteiger partial charge is 0.226 e. The summed E-state index contributed by atoms with van der Waals surface area (Å²) in [6, 6.07) is 0. The first-order valence-electron chi connectivity index (χ1n) is 6.08. The van der Waals surface area contributed by atoms with Gasteiger partial charge < -0.3 is 10.2 Å². The van der Waals surface area contributed by atoms with Crippen molar-refractivity contribution < 1.29 is 0 Å². The molecule has 1 aliphatic rings. The molecule has 94 valence electrons. The van der Waals surface area contributed by atoms with Crippen molar-refractivity contribution in [2.24, 2.45) is 5.92 Å². The summed E-state index contributed by atoms with van der Waals surface area (Å²) in [4.78, 5) is 10.7. The van der Waals surface area contributed by atoms with Gasteiger partial charge in [0.2, 0.25) is 5.95 Å². The number of aryl methyl sites for hydroxylation is 1. The summed E-state index contributed by atoms with van der Waals surface area (Å²) in [5, 5.41) is 3.92. The van der Waals surface area contributed by atoms with Crippen molar-refractivity contribution in [2.45, 2.75) is 19.8 Å². The molecular weight excluding hydrogens is 236 g/mol. The number of halogens is 1. The summed E-state index contributed by atoms with van der Waals surface area (Å²) >= 11 is 6.01. The molecule has 0 aliphatic carbocycles. The van der Waals surface area contributed by atoms with Crippen LogP contribution in [0.15, 0.2) is 6.20 Å². The van der Waals surface area contributed by atoms with E-state index in [9.17, 15) is 0 Å². The zero-order valence-corrected chi connectivity index (χ0v) is 11.2. The number of rotatable bonds is 3. The predicted molar refractivity (Wildman–Crippen MR) is 70.6 cm³/mol. The highest BCUT2D eigenvalue weighted by Gasteiger charge is 2.16. The lowest BCUT2D eigenvalue weighted by Gasteiger charge is -2.27. The number of nitrogens with one attached hydrogen (secondary N) is 1. The first kappa shape index (κ1) is 12.6. The van der Waals surface area contributed by atoms with Crippen LogP contribution in [0.25, 0.3) is 0 Å². The summed E-state index contributed by atoms with van der Waals surface area (Å²) in [6.07, 6.45) is 4.23. The van der Waals surface area contributed by atoms with E-state index in [2.05, 4.69) is 20.2 Å². The SMILES string of the molecule is Cc1cnc(N(C)CC2CCNCC2)nc1Cl. The molecule has 2 heterocycles. The minimum Gasteiger partial charge on any atom is -0.344 e. The second-order valence-electron chi connectivity index (χ2n) is 4.72. The molecule has 0 aromatic carbocycles. The highest BCUT2D eigenvalue weighted by atomic mass is 35.5. The summed E-state index contributed by atoms with van der Waals surface area (Å²) in [6.45, 7) is 5.15. The van der Waals surface area contributed by atoms with Crippen molar-refractivity contribution in [3.8, 4) is 0 Å². The van der Waals surface area contributed by atoms with Gasteiger partial charge in [-0.05, 0) is 38.8 Å². The van der Waals surface area contributed by atoms with Crippen molar-refractivity contribution in [2.75, 3.05) is 31.6 Å². The fourth-order valence-electron chi connectivity index (χ4n) is 2.13. The lowest BCUT2D eigenvalue weighted by molar-refractivity contribution is 0.377. The topological polar surface area (TPSA) is 41.1 Å². The quantitative estimate of drug-likeness (QED) is 0.837. The van der Waals surface area contributed by atoms with Crippen LogP contribution in [0, 0.1) is 12.8 Å². The predicted octanol–water partition coefficient (Wildman–Crippen LogP) is 1.87. The van der Waals surface area contributed by atoms with Gasteiger partial charge in [0.05, 0.1) is 0 Å². The second-order valence-corrected chi connectivity index (χ2v) is 5.08. The molecule has 5 heteroatoms. The Morgan fingerprint density at radius 2 is 2.18 bits per heavy atom. The summed E-state index contributed by atoms with van der Waals surface area (Å²) in [5.74, 6) is 1.45. The van der Waals surface area contributed by atoms with Gasteiger partial charge in [0, 0.05) is 25.4 Å². The molecule has 0 amide bonds. The van der Waals surface area contributed by atoms with Crippen LogP contribution in [0.1, 0.15) is 18.4 Å². The summed E-state index contributed by atoms with van der Waals surface area (Å²) < 4.78 is 0. The normalized spacial score (nSPS) is 17.1. The van der Waals surface area contributed by atoms with E-state index in [1.807, 2.05) is 14.0 Å². The molecule has 17 heavy (non-hydrogen) atoms. The monoisotopic (exact) mass is 254 g/mol. The summed E-state index contributed by atoms with van der Waals surface area (Å²) in [5.41, 5.74) is 0.922. The number of nitrogens with zero attached hydrogens (tertiary/aromatic N) is 3. The first-order valence-corrected chi connectivity index (χ1v) is 6.45. The highest BCUT2D eigenvalue weighted by molar-refractivity contribution is 6.30. The molecule has 1 saturated heterocycles. The maximum Gasteiger partial charge on any atom is 0.226 e. The number of aromatic nitrogens is 2. The maximum atomic E-state index is 6.01. The zero-order chi connectivity index (χ0) is 12.3. The van der Waals surface area contributed by atoms with Crippen LogP contribution >= 0.6 is 11.6 Å². The van der Waals surface area contributed by atoms with Crippen molar-refractivity contribution in [3.05, 3.63) is 16.9 Å². The number of hydrogen-bond donors (Lipinski definition) is 1. The Kier molecular flexibility index (Phi) is 4.18. The van der Waals surface area contributed by atoms with Gasteiger partial charge in [0.1, 0.15) is 5.15 Å². The third-order valence-corrected chi connectivity index (χ3v) is 3.61. The molecule has 0 unspecified atom stereocenters. The molecule has 2 rings (SSSR count). The molecule has 1 aromatic heterocycles. The average molecular weight is 255 g/mol. The van der Waals surface area contributed by atoms with Crippen molar-refractivity contribution in [1.82, 2.24) is 15.3 Å². The third kappa shape index (κ3) is 3.30. The number of piperidine rings is 1. The van der Waals surface area contributed by atoms with E-state index in [1.54, 1.807) is 6.20 Å². The van der Waals surface area contributed by atoms with Crippen LogP contribution in [0.2, 0.25) is 5.15 Å². The van der Waals surface area contributed by atoms with Gasteiger partial charge in [-0.25, -0.2) is 9.97 Å². The maximum absolute atomic E-state index is 6.01. The van der Waals surface area contributed by atoms with Crippen molar-refractivity contribution in [1.29, 1.82) is 0 Å². The molecule has 1 aromatic rings. The van der Waals surface area contributed by atoms with Gasteiger partial charge in [-0.1, -0.05) is 11.6 Å². The van der Waals surface area contributed by atoms with E-state index < -0.39 is 0 Å². The van der Waals surface area contributed by atoms with E-state index in [0.717, 1.165) is 37.1 Å². The minimum atomic E-state index is 0.548. The Morgan fingerprint density at radius 3 is 2.82 bits per heavy atom. The van der Waals surface area contributed by atoms with Gasteiger partial charge in [0.15, 0.2) is 0 Å². The molecule has 1 aliphatic heterocycles. The van der Waals surface area contributed by atoms with Crippen LogP contribution in [-0.2, 0) is 0 Å². The molecular formula is C12H19ClN4. The van der Waals surface area contributed by atoms with Crippen LogP contribution in [0.4, 0.5) is 5.95 Å². The minimum absolute atomic E-state index is 0.548. The second kappa shape index (κ2) is 5.65. The van der Waals surface area contributed by atoms with Gasteiger partial charge in [-0.3, -0.25) is 0 Å². The van der Waals surface area contributed by atoms with E-state index in [-0.39, 0.29) is 0 Å². The Balaban J connectivity index is 1.98. The van der Waals surface area contributed by atoms with Gasteiger partial charge >= 0.3 is 0 Å². The fraction of sp³-hybridized carbons (Fsp3) is 0.667. The Bertz CT molecular complexity index is 377. The lowest BCUT2D eigenvalue weighted by Crippen LogP contribution is -2.35. The van der Waals surface area contributed by atoms with Gasteiger partial charge in [0.25, 0.3) is 0 Å². The largest absolute Gasteiger partial charge is 0.344 e. The molecule has 4 nitrogen and oxygen atoms in total. The molecule has 0 bridgehead atoms. The third-order valence-electron chi connectivity index (χ3n) is 3.23. The van der Waals surface area contributed by atoms with Crippen LogP contribution in [-0.4, -0.2) is 36.6 Å². The average Bonchev–Trinajstić information content (AvgIpc) is 2.34. The summed E-state index contributed by atoms with van der Waals surface area (Å²) in [7, 11) is 2.03. The Labute approximate surface area is 107 Å². The van der Waals surface area contributed by atoms with Gasteiger partial charge in [-0.2, -0.15) is 0 Å². The lowest BCUT2D eigenvalue weighted by atomic mass is 9.98. The highest BCUT2D eigenvalue weighted by Crippen LogP contribution is 2.18. The molecule has 1 N–H and O–H groups in total. The van der Waals surface area contributed by atoms with Crippen LogP contribution < -0.4 is 10.2 Å². The molecule has 0 atom stereocenters. The number of hydrogen-bond acceptors (Lipinski definition) is 4. The molecule has 0 spiro atoms. The Hall–Kier alpha value is -0.870. The van der Waals surface area contributed by atoms with Crippen molar-refractivity contribution >= 4 is 17.5 Å². The molecule has 1 fully saturated rings. The standard InChI is InChI=1S/C12H19ClN4/c1-9-7-15-12(16-11(9)13)17(2)8-10-3-5-14-6-4-10/h7,10,14H,3-6,8H2,1-2H3. The van der Waals surface area contributed by atoms with Crippen LogP contribution in [0.5, 0.6) is 0 Å². The Morgan fingerprint density at radius 1 is 1.47 bits per heavy atom. The van der Waals surface area contributed by atoms with Gasteiger partial charge in [-0.15, -0.1) is 0 Å².